The van der Waals surface area contributed by atoms with E-state index in [0.717, 1.165) is 59.5 Å². The zero-order valence-electron chi connectivity index (χ0n) is 19.7. The molecule has 0 saturated carbocycles. The molecule has 3 aromatic rings. The van der Waals surface area contributed by atoms with Gasteiger partial charge >= 0.3 is 0 Å². The minimum absolute atomic E-state index is 0.00944. The first-order valence-corrected chi connectivity index (χ1v) is 11.6. The predicted octanol–water partition coefficient (Wildman–Crippen LogP) is 4.33. The van der Waals surface area contributed by atoms with E-state index >= 15 is 0 Å². The van der Waals surface area contributed by atoms with Gasteiger partial charge in [0.1, 0.15) is 0 Å². The second kappa shape index (κ2) is 9.94. The summed E-state index contributed by atoms with van der Waals surface area (Å²) in [5.41, 5.74) is 6.70. The molecule has 3 heterocycles. The molecular weight excluding hydrogens is 414 g/mol. The maximum atomic E-state index is 12.0. The van der Waals surface area contributed by atoms with Crippen LogP contribution in [0.2, 0.25) is 0 Å². The number of H-pyrrole nitrogens is 2. The molecule has 0 radical (unpaired) electrons. The first-order valence-electron chi connectivity index (χ1n) is 11.6. The van der Waals surface area contributed by atoms with Gasteiger partial charge in [0.2, 0.25) is 5.91 Å². The average Bonchev–Trinajstić information content (AvgIpc) is 3.48. The lowest BCUT2D eigenvalue weighted by Gasteiger charge is -2.37. The normalized spacial score (nSPS) is 15.7. The number of nitrogens with zero attached hydrogens (tertiary/aromatic N) is 4. The Morgan fingerprint density at radius 3 is 2.61 bits per heavy atom. The van der Waals surface area contributed by atoms with Crippen LogP contribution in [0.3, 0.4) is 0 Å². The molecular formula is C25H33N7O. The number of carbonyl (C=O) groups excluding carboxylic acids is 1. The van der Waals surface area contributed by atoms with Crippen molar-refractivity contribution in [3.63, 3.8) is 0 Å². The fourth-order valence-electron chi connectivity index (χ4n) is 4.57. The van der Waals surface area contributed by atoms with Crippen LogP contribution in [0.25, 0.3) is 10.9 Å². The summed E-state index contributed by atoms with van der Waals surface area (Å²) in [5, 5.41) is 19.6. The van der Waals surface area contributed by atoms with Crippen molar-refractivity contribution in [3.05, 3.63) is 60.1 Å². The standard InChI is InChI=1S/C25H33N7O/c1-5-8-18(6-2)25(20-16-27-29-17(20)4)28-22-13-19-15-26-30-21(19)14-23(22)31-9-11-32(12-10-31)24(33)7-3/h6-7,13-16,25,28H,3,5,8-12H2,1-2,4H3,(H,26,30)(H,27,29)/b18-6+. The van der Waals surface area contributed by atoms with Gasteiger partial charge in [0.25, 0.3) is 0 Å². The summed E-state index contributed by atoms with van der Waals surface area (Å²) < 4.78 is 0. The van der Waals surface area contributed by atoms with Crippen molar-refractivity contribution in [3.8, 4) is 0 Å². The SMILES string of the molecule is C=CC(=O)N1CCN(c2cc3[nH]ncc3cc2NC(/C(=C/C)CCC)c2cn[nH]c2C)CC1. The van der Waals surface area contributed by atoms with E-state index in [1.54, 1.807) is 0 Å². The highest BCUT2D eigenvalue weighted by Crippen LogP contribution is 2.37. The lowest BCUT2D eigenvalue weighted by molar-refractivity contribution is -0.126. The first kappa shape index (κ1) is 22.6. The molecule has 1 amide bonds. The second-order valence-corrected chi connectivity index (χ2v) is 8.48. The molecule has 1 aliphatic rings. The molecule has 1 aliphatic heterocycles. The van der Waals surface area contributed by atoms with Gasteiger partial charge in [0.05, 0.1) is 35.3 Å². The number of nitrogens with one attached hydrogen (secondary N) is 3. The Hall–Kier alpha value is -3.55. The van der Waals surface area contributed by atoms with Crippen LogP contribution in [-0.2, 0) is 4.79 Å². The van der Waals surface area contributed by atoms with Gasteiger partial charge in [0, 0.05) is 42.8 Å². The van der Waals surface area contributed by atoms with E-state index in [9.17, 15) is 4.79 Å². The number of rotatable bonds is 8. The number of amides is 1. The van der Waals surface area contributed by atoms with Crippen LogP contribution in [-0.4, -0.2) is 57.4 Å². The van der Waals surface area contributed by atoms with Crippen LogP contribution in [0.4, 0.5) is 11.4 Å². The van der Waals surface area contributed by atoms with Crippen LogP contribution >= 0.6 is 0 Å². The summed E-state index contributed by atoms with van der Waals surface area (Å²) >= 11 is 0. The molecule has 8 heteroatoms. The maximum absolute atomic E-state index is 12.0. The Kier molecular flexibility index (Phi) is 6.82. The lowest BCUT2D eigenvalue weighted by atomic mass is 9.95. The van der Waals surface area contributed by atoms with Crippen LogP contribution in [0.5, 0.6) is 0 Å². The van der Waals surface area contributed by atoms with Gasteiger partial charge in [-0.3, -0.25) is 15.0 Å². The second-order valence-electron chi connectivity index (χ2n) is 8.48. The van der Waals surface area contributed by atoms with Gasteiger partial charge in [-0.1, -0.05) is 26.0 Å². The first-order chi connectivity index (χ1) is 16.0. The maximum Gasteiger partial charge on any atom is 0.246 e. The van der Waals surface area contributed by atoms with Crippen molar-refractivity contribution < 1.29 is 4.79 Å². The van der Waals surface area contributed by atoms with E-state index < -0.39 is 0 Å². The summed E-state index contributed by atoms with van der Waals surface area (Å²) in [6, 6.07) is 4.33. The van der Waals surface area contributed by atoms with Gasteiger partial charge in [-0.25, -0.2) is 0 Å². The van der Waals surface area contributed by atoms with Gasteiger partial charge in [-0.05, 0) is 44.1 Å². The number of allylic oxidation sites excluding steroid dienone is 1. The minimum Gasteiger partial charge on any atom is -0.373 e. The lowest BCUT2D eigenvalue weighted by Crippen LogP contribution is -2.48. The average molecular weight is 448 g/mol. The fraction of sp³-hybridized carbons (Fsp3) is 0.400. The molecule has 33 heavy (non-hydrogen) atoms. The number of hydrogen-bond donors (Lipinski definition) is 3. The van der Waals surface area contributed by atoms with E-state index in [2.05, 4.69) is 76.2 Å². The smallest absolute Gasteiger partial charge is 0.246 e. The van der Waals surface area contributed by atoms with Gasteiger partial charge < -0.3 is 15.1 Å². The third-order valence-corrected chi connectivity index (χ3v) is 6.42. The number of carbonyl (C=O) groups is 1. The zero-order valence-corrected chi connectivity index (χ0v) is 19.7. The number of fused-ring (bicyclic) bond motifs is 1. The molecule has 0 bridgehead atoms. The summed E-state index contributed by atoms with van der Waals surface area (Å²) in [4.78, 5) is 16.2. The highest BCUT2D eigenvalue weighted by molar-refractivity contribution is 5.90. The van der Waals surface area contributed by atoms with Crippen LogP contribution in [0, 0.1) is 6.92 Å². The summed E-state index contributed by atoms with van der Waals surface area (Å²) in [7, 11) is 0. The van der Waals surface area contributed by atoms with E-state index in [0.29, 0.717) is 13.1 Å². The molecule has 0 spiro atoms. The van der Waals surface area contributed by atoms with Crippen molar-refractivity contribution in [2.45, 2.75) is 39.7 Å². The number of aromatic amines is 2. The number of benzene rings is 1. The molecule has 8 nitrogen and oxygen atoms in total. The Balaban J connectivity index is 1.71. The third-order valence-electron chi connectivity index (χ3n) is 6.42. The highest BCUT2D eigenvalue weighted by atomic mass is 16.2. The molecule has 3 N–H and O–H groups in total. The molecule has 1 atom stereocenters. The van der Waals surface area contributed by atoms with E-state index in [1.165, 1.54) is 11.6 Å². The molecule has 4 rings (SSSR count). The Bertz CT molecular complexity index is 1150. The number of piperazine rings is 1. The summed E-state index contributed by atoms with van der Waals surface area (Å²) in [6.45, 7) is 12.9. The predicted molar refractivity (Wildman–Crippen MR) is 133 cm³/mol. The van der Waals surface area contributed by atoms with Crippen molar-refractivity contribution in [1.29, 1.82) is 0 Å². The van der Waals surface area contributed by atoms with E-state index in [4.69, 9.17) is 0 Å². The van der Waals surface area contributed by atoms with E-state index in [1.807, 2.05) is 17.3 Å². The third kappa shape index (κ3) is 4.65. The van der Waals surface area contributed by atoms with Gasteiger partial charge in [-0.15, -0.1) is 0 Å². The molecule has 2 aromatic heterocycles. The van der Waals surface area contributed by atoms with Crippen molar-refractivity contribution >= 4 is 28.2 Å². The molecule has 1 aromatic carbocycles. The monoisotopic (exact) mass is 447 g/mol. The molecule has 1 saturated heterocycles. The van der Waals surface area contributed by atoms with Gasteiger partial charge in [-0.2, -0.15) is 10.2 Å². The molecule has 1 fully saturated rings. The number of aromatic nitrogens is 4. The van der Waals surface area contributed by atoms with Crippen LogP contribution in [0.1, 0.15) is 44.0 Å². The molecule has 0 aliphatic carbocycles. The highest BCUT2D eigenvalue weighted by Gasteiger charge is 2.25. The van der Waals surface area contributed by atoms with Crippen LogP contribution in [0.15, 0.2) is 48.8 Å². The largest absolute Gasteiger partial charge is 0.373 e. The van der Waals surface area contributed by atoms with Crippen LogP contribution < -0.4 is 10.2 Å². The topological polar surface area (TPSA) is 92.9 Å². The van der Waals surface area contributed by atoms with Gasteiger partial charge in [0.15, 0.2) is 0 Å². The summed E-state index contributed by atoms with van der Waals surface area (Å²) in [6.07, 6.45) is 9.45. The van der Waals surface area contributed by atoms with Crippen molar-refractivity contribution in [2.24, 2.45) is 0 Å². The van der Waals surface area contributed by atoms with Crippen molar-refractivity contribution in [1.82, 2.24) is 25.3 Å². The molecule has 1 unspecified atom stereocenters. The Morgan fingerprint density at radius 2 is 1.97 bits per heavy atom. The number of aryl methyl sites for hydroxylation is 1. The quantitative estimate of drug-likeness (QED) is 0.353. The Labute approximate surface area is 194 Å². The number of hydrogen-bond acceptors (Lipinski definition) is 5. The molecule has 174 valence electrons. The Morgan fingerprint density at radius 1 is 1.21 bits per heavy atom. The fourth-order valence-corrected chi connectivity index (χ4v) is 4.57. The minimum atomic E-state index is -0.00944. The number of anilines is 2. The summed E-state index contributed by atoms with van der Waals surface area (Å²) in [5.74, 6) is -0.00944. The zero-order chi connectivity index (χ0) is 23.4. The van der Waals surface area contributed by atoms with E-state index in [-0.39, 0.29) is 11.9 Å². The van der Waals surface area contributed by atoms with Crippen molar-refractivity contribution in [2.75, 3.05) is 36.4 Å².